The first-order chi connectivity index (χ1) is 9.18. The van der Waals surface area contributed by atoms with Crippen molar-refractivity contribution in [3.05, 3.63) is 29.3 Å². The van der Waals surface area contributed by atoms with Crippen LogP contribution in [0.3, 0.4) is 0 Å². The highest BCUT2D eigenvalue weighted by Crippen LogP contribution is 2.34. The van der Waals surface area contributed by atoms with Crippen LogP contribution in [-0.4, -0.2) is 32.5 Å². The van der Waals surface area contributed by atoms with Crippen LogP contribution in [0.25, 0.3) is 0 Å². The van der Waals surface area contributed by atoms with Crippen molar-refractivity contribution in [1.82, 2.24) is 0 Å². The summed E-state index contributed by atoms with van der Waals surface area (Å²) in [4.78, 5) is 24.7. The number of ether oxygens (including phenoxy) is 1. The van der Waals surface area contributed by atoms with Crippen molar-refractivity contribution in [3.63, 3.8) is 0 Å². The third-order valence-corrected chi connectivity index (χ3v) is 2.53. The van der Waals surface area contributed by atoms with E-state index in [1.54, 1.807) is 14.1 Å². The Balaban J connectivity index is 3.35. The van der Waals surface area contributed by atoms with Gasteiger partial charge in [-0.15, -0.1) is 0 Å². The Morgan fingerprint density at radius 1 is 1.25 bits per heavy atom. The van der Waals surface area contributed by atoms with Gasteiger partial charge in [-0.2, -0.15) is 13.2 Å². The maximum Gasteiger partial charge on any atom is 0.417 e. The number of alkyl halides is 3. The Kier molecular flexibility index (Phi) is 4.75. The number of halogens is 3. The molecule has 0 heterocycles. The molecule has 1 aromatic rings. The van der Waals surface area contributed by atoms with E-state index in [4.69, 9.17) is 0 Å². The Labute approximate surface area is 114 Å². The van der Waals surface area contributed by atoms with Crippen molar-refractivity contribution in [2.24, 2.45) is 0 Å². The van der Waals surface area contributed by atoms with Crippen molar-refractivity contribution in [2.75, 3.05) is 25.6 Å². The van der Waals surface area contributed by atoms with Gasteiger partial charge in [-0.1, -0.05) is 0 Å². The molecular formula is C13H14F3NO3. The lowest BCUT2D eigenvalue weighted by Crippen LogP contribution is -2.22. The molecule has 0 bridgehead atoms. The maximum absolute atomic E-state index is 12.9. The fourth-order valence-electron chi connectivity index (χ4n) is 1.55. The largest absolute Gasteiger partial charge is 0.460 e. The predicted molar refractivity (Wildman–Crippen MR) is 66.7 cm³/mol. The van der Waals surface area contributed by atoms with E-state index in [1.165, 1.54) is 17.9 Å². The maximum atomic E-state index is 12.9. The van der Waals surface area contributed by atoms with Gasteiger partial charge in [0.25, 0.3) is 5.78 Å². The second-order valence-corrected chi connectivity index (χ2v) is 4.17. The molecule has 1 aromatic carbocycles. The molecule has 0 fully saturated rings. The van der Waals surface area contributed by atoms with Crippen LogP contribution >= 0.6 is 0 Å². The molecule has 1 rings (SSSR count). The fourth-order valence-corrected chi connectivity index (χ4v) is 1.55. The molecule has 0 unspecified atom stereocenters. The Hall–Kier alpha value is -2.05. The smallest absolute Gasteiger partial charge is 0.417 e. The second-order valence-electron chi connectivity index (χ2n) is 4.17. The van der Waals surface area contributed by atoms with Crippen molar-refractivity contribution >= 4 is 17.4 Å². The highest BCUT2D eigenvalue weighted by molar-refractivity contribution is 6.41. The van der Waals surface area contributed by atoms with Gasteiger partial charge >= 0.3 is 12.1 Å². The molecular weight excluding hydrogens is 275 g/mol. The van der Waals surface area contributed by atoms with Crippen molar-refractivity contribution in [1.29, 1.82) is 0 Å². The molecule has 0 saturated heterocycles. The third-order valence-electron chi connectivity index (χ3n) is 2.53. The van der Waals surface area contributed by atoms with Crippen LogP contribution in [0.4, 0.5) is 18.9 Å². The van der Waals surface area contributed by atoms with E-state index in [0.29, 0.717) is 5.69 Å². The summed E-state index contributed by atoms with van der Waals surface area (Å²) in [5.74, 6) is -2.60. The Bertz CT molecular complexity index is 524. The van der Waals surface area contributed by atoms with E-state index in [9.17, 15) is 22.8 Å². The lowest BCUT2D eigenvalue weighted by Gasteiger charge is -2.17. The number of benzene rings is 1. The minimum absolute atomic E-state index is 0.0840. The van der Waals surface area contributed by atoms with E-state index in [-0.39, 0.29) is 6.61 Å². The average molecular weight is 289 g/mol. The zero-order valence-corrected chi connectivity index (χ0v) is 11.2. The topological polar surface area (TPSA) is 46.6 Å². The van der Waals surface area contributed by atoms with Crippen LogP contribution in [0.2, 0.25) is 0 Å². The molecule has 110 valence electrons. The lowest BCUT2D eigenvalue weighted by atomic mass is 10.0. The Morgan fingerprint density at radius 2 is 1.85 bits per heavy atom. The Morgan fingerprint density at radius 3 is 2.30 bits per heavy atom. The van der Waals surface area contributed by atoms with Gasteiger partial charge in [0.2, 0.25) is 0 Å². The minimum Gasteiger partial charge on any atom is -0.460 e. The standard InChI is InChI=1S/C13H14F3NO3/c1-4-20-12(19)11(18)9-7-8(17(2)3)5-6-10(9)13(14,15)16/h5-7H,4H2,1-3H3. The van der Waals surface area contributed by atoms with Crippen LogP contribution in [-0.2, 0) is 15.7 Å². The quantitative estimate of drug-likeness (QED) is 0.485. The molecule has 0 aliphatic carbocycles. The van der Waals surface area contributed by atoms with Gasteiger partial charge in [0.1, 0.15) is 0 Å². The van der Waals surface area contributed by atoms with E-state index in [2.05, 4.69) is 4.74 Å². The van der Waals surface area contributed by atoms with Gasteiger partial charge in [-0.25, -0.2) is 4.79 Å². The molecule has 0 aliphatic heterocycles. The SMILES string of the molecule is CCOC(=O)C(=O)c1cc(N(C)C)ccc1C(F)(F)F. The molecule has 0 radical (unpaired) electrons. The van der Waals surface area contributed by atoms with Crippen molar-refractivity contribution < 1.29 is 27.5 Å². The van der Waals surface area contributed by atoms with Crippen LogP contribution in [0, 0.1) is 0 Å². The van der Waals surface area contributed by atoms with Crippen LogP contribution in [0.15, 0.2) is 18.2 Å². The number of Topliss-reactive ketones (excluding diaryl/α,β-unsaturated/α-hetero) is 1. The van der Waals surface area contributed by atoms with E-state index < -0.39 is 29.1 Å². The molecule has 0 aromatic heterocycles. The van der Waals surface area contributed by atoms with E-state index in [1.807, 2.05) is 0 Å². The number of hydrogen-bond donors (Lipinski definition) is 0. The molecule has 0 N–H and O–H groups in total. The summed E-state index contributed by atoms with van der Waals surface area (Å²) in [5.41, 5.74) is -1.48. The van der Waals surface area contributed by atoms with Gasteiger partial charge in [0.15, 0.2) is 0 Å². The average Bonchev–Trinajstić information content (AvgIpc) is 2.36. The molecule has 0 aliphatic rings. The van der Waals surface area contributed by atoms with Gasteiger partial charge in [-0.3, -0.25) is 4.79 Å². The summed E-state index contributed by atoms with van der Waals surface area (Å²) in [6.07, 6.45) is -4.72. The first-order valence-corrected chi connectivity index (χ1v) is 5.78. The first-order valence-electron chi connectivity index (χ1n) is 5.78. The van der Waals surface area contributed by atoms with Crippen LogP contribution < -0.4 is 4.90 Å². The van der Waals surface area contributed by atoms with Crippen LogP contribution in [0.1, 0.15) is 22.8 Å². The summed E-state index contributed by atoms with van der Waals surface area (Å²) in [7, 11) is 3.22. The first kappa shape index (κ1) is 16.0. The molecule has 0 atom stereocenters. The summed E-state index contributed by atoms with van der Waals surface area (Å²) in [6, 6.07) is 3.04. The summed E-state index contributed by atoms with van der Waals surface area (Å²) in [6.45, 7) is 1.38. The van der Waals surface area contributed by atoms with E-state index in [0.717, 1.165) is 12.1 Å². The third kappa shape index (κ3) is 3.49. The van der Waals surface area contributed by atoms with Gasteiger partial charge in [0.05, 0.1) is 12.2 Å². The summed E-state index contributed by atoms with van der Waals surface area (Å²) in [5, 5.41) is 0. The van der Waals surface area contributed by atoms with Crippen molar-refractivity contribution in [3.8, 4) is 0 Å². The highest BCUT2D eigenvalue weighted by atomic mass is 19.4. The number of ketones is 1. The number of carbonyl (C=O) groups excluding carboxylic acids is 2. The molecule has 7 heteroatoms. The summed E-state index contributed by atoms with van der Waals surface area (Å²) >= 11 is 0. The molecule has 20 heavy (non-hydrogen) atoms. The van der Waals surface area contributed by atoms with Gasteiger partial charge < -0.3 is 9.64 Å². The fraction of sp³-hybridized carbons (Fsp3) is 0.385. The highest BCUT2D eigenvalue weighted by Gasteiger charge is 2.37. The number of esters is 1. The zero-order chi connectivity index (χ0) is 15.5. The number of hydrogen-bond acceptors (Lipinski definition) is 4. The van der Waals surface area contributed by atoms with E-state index >= 15 is 0 Å². The van der Waals surface area contributed by atoms with Crippen molar-refractivity contribution in [2.45, 2.75) is 13.1 Å². The van der Waals surface area contributed by atoms with Crippen LogP contribution in [0.5, 0.6) is 0 Å². The normalized spacial score (nSPS) is 11.1. The zero-order valence-electron chi connectivity index (χ0n) is 11.2. The number of rotatable bonds is 4. The molecule has 0 amide bonds. The predicted octanol–water partition coefficient (Wildman–Crippen LogP) is 2.52. The number of anilines is 1. The summed E-state index contributed by atoms with van der Waals surface area (Å²) < 4.78 is 43.1. The molecule has 0 spiro atoms. The monoisotopic (exact) mass is 289 g/mol. The number of nitrogens with zero attached hydrogens (tertiary/aromatic N) is 1. The molecule has 4 nitrogen and oxygen atoms in total. The second kappa shape index (κ2) is 5.94. The molecule has 0 saturated carbocycles. The lowest BCUT2D eigenvalue weighted by molar-refractivity contribution is -0.139. The number of carbonyl (C=O) groups is 2. The van der Waals surface area contributed by atoms with Gasteiger partial charge in [0, 0.05) is 25.3 Å². The van der Waals surface area contributed by atoms with Gasteiger partial charge in [-0.05, 0) is 25.1 Å². The minimum atomic E-state index is -4.72.